The van der Waals surface area contributed by atoms with Gasteiger partial charge in [-0.2, -0.15) is 0 Å². The molecule has 0 radical (unpaired) electrons. The van der Waals surface area contributed by atoms with Gasteiger partial charge in [0.2, 0.25) is 5.78 Å². The molecule has 0 unspecified atom stereocenters. The monoisotopic (exact) mass is 477 g/mol. The highest BCUT2D eigenvalue weighted by Gasteiger charge is 2.21. The molecule has 1 aliphatic heterocycles. The number of ketones is 1. The minimum absolute atomic E-state index is 0.162. The lowest BCUT2D eigenvalue weighted by Crippen LogP contribution is -2.46. The van der Waals surface area contributed by atoms with Crippen LogP contribution in [0.5, 0.6) is 0 Å². The number of carbonyl (C=O) groups is 1. The molecule has 2 aromatic heterocycles. The topological polar surface area (TPSA) is 61.4 Å². The Kier molecular flexibility index (Phi) is 6.18. The summed E-state index contributed by atoms with van der Waals surface area (Å²) in [6, 6.07) is 15.4. The molecular weight excluding hydrogens is 456 g/mol. The van der Waals surface area contributed by atoms with Gasteiger partial charge >= 0.3 is 0 Å². The molecule has 0 atom stereocenters. The number of halogens is 2. The number of piperazine rings is 1. The van der Waals surface area contributed by atoms with Crippen LogP contribution in [0.25, 0.3) is 0 Å². The molecule has 9 heteroatoms. The number of thiazole rings is 1. The molecule has 2 aromatic carbocycles. The van der Waals surface area contributed by atoms with Crippen LogP contribution in [-0.4, -0.2) is 41.9 Å². The molecule has 6 nitrogen and oxygen atoms in total. The van der Waals surface area contributed by atoms with Gasteiger partial charge < -0.3 is 15.1 Å². The summed E-state index contributed by atoms with van der Waals surface area (Å²) < 4.78 is 27.9. The largest absolute Gasteiger partial charge is 0.368 e. The normalized spacial score (nSPS) is 13.7. The first-order chi connectivity index (χ1) is 16.6. The molecule has 3 heterocycles. The number of nitrogens with one attached hydrogen (secondary N) is 1. The number of hydrogen-bond acceptors (Lipinski definition) is 7. The average molecular weight is 478 g/mol. The summed E-state index contributed by atoms with van der Waals surface area (Å²) in [4.78, 5) is 25.7. The fourth-order valence-corrected chi connectivity index (χ4v) is 4.71. The predicted octanol–water partition coefficient (Wildman–Crippen LogP) is 5.12. The third-order valence-corrected chi connectivity index (χ3v) is 6.62. The van der Waals surface area contributed by atoms with Crippen molar-refractivity contribution in [2.24, 2.45) is 0 Å². The Morgan fingerprint density at radius 2 is 1.44 bits per heavy atom. The molecule has 0 aliphatic carbocycles. The number of nitrogens with zero attached hydrogens (tertiary/aromatic N) is 4. The first-order valence-corrected chi connectivity index (χ1v) is 11.6. The Labute approximate surface area is 199 Å². The highest BCUT2D eigenvalue weighted by molar-refractivity contribution is 7.17. The molecule has 0 saturated carbocycles. The zero-order valence-corrected chi connectivity index (χ0v) is 18.9. The SMILES string of the molecule is O=C(c1cnc(Nc2ccc(N3CCN(c4ccncc4)CC3)cc2)s1)c1c(F)cccc1F. The van der Waals surface area contributed by atoms with Crippen molar-refractivity contribution < 1.29 is 13.6 Å². The molecule has 172 valence electrons. The Balaban J connectivity index is 1.21. The maximum atomic E-state index is 13.9. The summed E-state index contributed by atoms with van der Waals surface area (Å²) in [6.07, 6.45) is 4.96. The summed E-state index contributed by atoms with van der Waals surface area (Å²) in [6.45, 7) is 3.70. The fourth-order valence-electron chi connectivity index (χ4n) is 3.93. The van der Waals surface area contributed by atoms with E-state index in [-0.39, 0.29) is 4.88 Å². The van der Waals surface area contributed by atoms with Crippen molar-refractivity contribution in [2.45, 2.75) is 0 Å². The minimum atomic E-state index is -0.884. The second kappa shape index (κ2) is 9.56. The number of aromatic nitrogens is 2. The lowest BCUT2D eigenvalue weighted by molar-refractivity contribution is 0.103. The van der Waals surface area contributed by atoms with E-state index in [1.54, 1.807) is 0 Å². The van der Waals surface area contributed by atoms with E-state index in [4.69, 9.17) is 0 Å². The molecule has 4 aromatic rings. The highest BCUT2D eigenvalue weighted by Crippen LogP contribution is 2.28. The van der Waals surface area contributed by atoms with Crippen molar-refractivity contribution >= 4 is 39.3 Å². The summed E-state index contributed by atoms with van der Waals surface area (Å²) in [5.74, 6) is -2.49. The van der Waals surface area contributed by atoms with Gasteiger partial charge in [-0.25, -0.2) is 13.8 Å². The molecule has 0 spiro atoms. The van der Waals surface area contributed by atoms with Crippen LogP contribution < -0.4 is 15.1 Å². The van der Waals surface area contributed by atoms with Crippen molar-refractivity contribution in [2.75, 3.05) is 41.3 Å². The standard InChI is InChI=1S/C25H21F2N5OS/c26-20-2-1-3-21(27)23(20)24(33)22-16-29-25(34-22)30-17-4-6-18(7-5-17)31-12-14-32(15-13-31)19-8-10-28-11-9-19/h1-11,16H,12-15H2,(H,29,30). The van der Waals surface area contributed by atoms with E-state index in [0.717, 1.165) is 61.0 Å². The molecule has 34 heavy (non-hydrogen) atoms. The van der Waals surface area contributed by atoms with E-state index >= 15 is 0 Å². The van der Waals surface area contributed by atoms with Gasteiger partial charge in [0.15, 0.2) is 5.13 Å². The Bertz CT molecular complexity index is 1270. The lowest BCUT2D eigenvalue weighted by Gasteiger charge is -2.37. The number of carbonyl (C=O) groups excluding carboxylic acids is 1. The molecule has 0 bridgehead atoms. The van der Waals surface area contributed by atoms with E-state index < -0.39 is 23.0 Å². The molecule has 1 saturated heterocycles. The summed E-state index contributed by atoms with van der Waals surface area (Å²) in [5, 5.41) is 3.62. The summed E-state index contributed by atoms with van der Waals surface area (Å²) >= 11 is 1.05. The van der Waals surface area contributed by atoms with Gasteiger partial charge in [-0.15, -0.1) is 0 Å². The van der Waals surface area contributed by atoms with E-state index in [9.17, 15) is 13.6 Å². The number of hydrogen-bond donors (Lipinski definition) is 1. The predicted molar refractivity (Wildman–Crippen MR) is 130 cm³/mol. The third kappa shape index (κ3) is 4.60. The van der Waals surface area contributed by atoms with E-state index in [0.29, 0.717) is 5.13 Å². The minimum Gasteiger partial charge on any atom is -0.368 e. The number of anilines is 4. The van der Waals surface area contributed by atoms with E-state index in [2.05, 4.69) is 25.1 Å². The maximum absolute atomic E-state index is 13.9. The molecule has 1 fully saturated rings. The van der Waals surface area contributed by atoms with Crippen molar-refractivity contribution in [1.82, 2.24) is 9.97 Å². The first kappa shape index (κ1) is 22.0. The summed E-state index contributed by atoms with van der Waals surface area (Å²) in [5.41, 5.74) is 2.56. The lowest BCUT2D eigenvalue weighted by atomic mass is 10.1. The van der Waals surface area contributed by atoms with E-state index in [1.807, 2.05) is 48.8 Å². The van der Waals surface area contributed by atoms with Crippen LogP contribution in [0.3, 0.4) is 0 Å². The fraction of sp³-hybridized carbons (Fsp3) is 0.160. The second-order valence-corrected chi connectivity index (χ2v) is 8.84. The average Bonchev–Trinajstić information content (AvgIpc) is 3.33. The Hall–Kier alpha value is -3.85. The first-order valence-electron chi connectivity index (χ1n) is 10.8. The molecule has 5 rings (SSSR count). The van der Waals surface area contributed by atoms with Gasteiger partial charge in [0.05, 0.1) is 16.6 Å². The van der Waals surface area contributed by atoms with Crippen LogP contribution in [0.2, 0.25) is 0 Å². The Morgan fingerprint density at radius 3 is 2.06 bits per heavy atom. The summed E-state index contributed by atoms with van der Waals surface area (Å²) in [7, 11) is 0. The van der Waals surface area contributed by atoms with Crippen LogP contribution in [0, 0.1) is 11.6 Å². The number of benzene rings is 2. The smallest absolute Gasteiger partial charge is 0.210 e. The maximum Gasteiger partial charge on any atom is 0.210 e. The van der Waals surface area contributed by atoms with Crippen molar-refractivity contribution in [1.29, 1.82) is 0 Å². The molecule has 1 N–H and O–H groups in total. The van der Waals surface area contributed by atoms with Crippen LogP contribution >= 0.6 is 11.3 Å². The number of rotatable bonds is 6. The zero-order valence-electron chi connectivity index (χ0n) is 18.1. The number of pyridine rings is 1. The van der Waals surface area contributed by atoms with Crippen LogP contribution in [0.1, 0.15) is 15.2 Å². The molecule has 1 aliphatic rings. The quantitative estimate of drug-likeness (QED) is 0.389. The van der Waals surface area contributed by atoms with Crippen LogP contribution in [-0.2, 0) is 0 Å². The third-order valence-electron chi connectivity index (χ3n) is 5.71. The van der Waals surface area contributed by atoms with Crippen LogP contribution in [0.4, 0.5) is 31.0 Å². The van der Waals surface area contributed by atoms with Gasteiger partial charge in [-0.1, -0.05) is 17.4 Å². The van der Waals surface area contributed by atoms with Crippen molar-refractivity contribution in [3.63, 3.8) is 0 Å². The molecule has 0 amide bonds. The van der Waals surface area contributed by atoms with Gasteiger partial charge in [-0.05, 0) is 48.5 Å². The van der Waals surface area contributed by atoms with Crippen LogP contribution in [0.15, 0.2) is 73.2 Å². The van der Waals surface area contributed by atoms with Gasteiger partial charge in [0.25, 0.3) is 0 Å². The van der Waals surface area contributed by atoms with Gasteiger partial charge in [0, 0.05) is 55.6 Å². The van der Waals surface area contributed by atoms with Gasteiger partial charge in [-0.3, -0.25) is 9.78 Å². The highest BCUT2D eigenvalue weighted by atomic mass is 32.1. The molecular formula is C25H21F2N5OS. The van der Waals surface area contributed by atoms with Crippen molar-refractivity contribution in [3.05, 3.63) is 95.3 Å². The van der Waals surface area contributed by atoms with E-state index in [1.165, 1.54) is 18.0 Å². The Morgan fingerprint density at radius 1 is 0.853 bits per heavy atom. The van der Waals surface area contributed by atoms with Gasteiger partial charge in [0.1, 0.15) is 11.6 Å². The van der Waals surface area contributed by atoms with Crippen molar-refractivity contribution in [3.8, 4) is 0 Å². The second-order valence-electron chi connectivity index (χ2n) is 7.81. The zero-order chi connectivity index (χ0) is 23.5.